The molecule has 0 radical (unpaired) electrons. The highest BCUT2D eigenvalue weighted by Crippen LogP contribution is 2.57. The molecule has 1 aliphatic heterocycles. The normalized spacial score (nSPS) is 20.8. The van der Waals surface area contributed by atoms with Crippen molar-refractivity contribution in [3.8, 4) is 0 Å². The lowest BCUT2D eigenvalue weighted by molar-refractivity contribution is -0.161. The second-order valence-electron chi connectivity index (χ2n) is 6.35. The number of ether oxygens (including phenoxy) is 2. The predicted octanol–water partition coefficient (Wildman–Crippen LogP) is 3.13. The van der Waals surface area contributed by atoms with Gasteiger partial charge in [0.1, 0.15) is 11.9 Å². The molecular weight excluding hydrogens is 385 g/mol. The Morgan fingerprint density at radius 3 is 2.29 bits per heavy atom. The summed E-state index contributed by atoms with van der Waals surface area (Å²) in [6.45, 7) is 5.29. The van der Waals surface area contributed by atoms with Crippen molar-refractivity contribution >= 4 is 19.5 Å². The number of carbonyl (C=O) groups excluding carboxylic acids is 2. The van der Waals surface area contributed by atoms with Crippen molar-refractivity contribution in [2.45, 2.75) is 45.2 Å². The molecule has 156 valence electrons. The van der Waals surface area contributed by atoms with Gasteiger partial charge in [-0.3, -0.25) is 9.36 Å². The third-order valence-electron chi connectivity index (χ3n) is 4.46. The molecule has 1 saturated heterocycles. The largest absolute Gasteiger partial charge is 0.458 e. The van der Waals surface area contributed by atoms with Gasteiger partial charge in [-0.25, -0.2) is 4.79 Å². The Kier molecular flexibility index (Phi) is 8.19. The molecule has 1 amide bonds. The van der Waals surface area contributed by atoms with Gasteiger partial charge in [0.05, 0.1) is 19.8 Å². The van der Waals surface area contributed by atoms with E-state index in [1.807, 2.05) is 6.07 Å². The predicted molar refractivity (Wildman–Crippen MR) is 103 cm³/mol. The first kappa shape index (κ1) is 22.6. The minimum absolute atomic E-state index is 0.126. The Morgan fingerprint density at radius 2 is 1.79 bits per heavy atom. The summed E-state index contributed by atoms with van der Waals surface area (Å²) in [7, 11) is -2.14. The van der Waals surface area contributed by atoms with Crippen LogP contribution in [0.2, 0.25) is 0 Å². The summed E-state index contributed by atoms with van der Waals surface area (Å²) in [6.07, 6.45) is -1.33. The van der Waals surface area contributed by atoms with E-state index in [-0.39, 0.29) is 32.1 Å². The van der Waals surface area contributed by atoms with Gasteiger partial charge in [-0.1, -0.05) is 30.3 Å². The fourth-order valence-corrected chi connectivity index (χ4v) is 5.52. The second kappa shape index (κ2) is 10.2. The number of esters is 1. The van der Waals surface area contributed by atoms with Crippen molar-refractivity contribution < 1.29 is 32.7 Å². The fraction of sp³-hybridized carbons (Fsp3) is 0.579. The van der Waals surface area contributed by atoms with Crippen LogP contribution in [0.25, 0.3) is 0 Å². The van der Waals surface area contributed by atoms with Crippen LogP contribution in [0.5, 0.6) is 0 Å². The fourth-order valence-electron chi connectivity index (χ4n) is 3.29. The molecule has 1 fully saturated rings. The van der Waals surface area contributed by atoms with Crippen LogP contribution in [0.15, 0.2) is 30.3 Å². The maximum absolute atomic E-state index is 13.2. The summed E-state index contributed by atoms with van der Waals surface area (Å²) in [4.78, 5) is 26.1. The number of amides is 1. The summed E-state index contributed by atoms with van der Waals surface area (Å²) in [5, 5.41) is 0. The van der Waals surface area contributed by atoms with Gasteiger partial charge in [0, 0.05) is 20.5 Å². The van der Waals surface area contributed by atoms with E-state index in [4.69, 9.17) is 18.5 Å². The lowest BCUT2D eigenvalue weighted by atomic mass is 10.1. The number of nitrogens with zero attached hydrogens (tertiary/aromatic N) is 1. The van der Waals surface area contributed by atoms with Crippen LogP contribution < -0.4 is 0 Å². The summed E-state index contributed by atoms with van der Waals surface area (Å²) in [5.74, 6) is -1.64. The molecule has 0 spiro atoms. The van der Waals surface area contributed by atoms with Gasteiger partial charge in [-0.2, -0.15) is 0 Å². The molecule has 9 heteroatoms. The third-order valence-corrected chi connectivity index (χ3v) is 6.91. The maximum atomic E-state index is 13.2. The molecule has 0 unspecified atom stereocenters. The van der Waals surface area contributed by atoms with Gasteiger partial charge < -0.3 is 23.4 Å². The number of carbonyl (C=O) groups is 2. The van der Waals surface area contributed by atoms with E-state index in [9.17, 15) is 14.2 Å². The molecule has 8 nitrogen and oxygen atoms in total. The Balaban J connectivity index is 2.16. The van der Waals surface area contributed by atoms with Crippen LogP contribution in [0, 0.1) is 0 Å². The van der Waals surface area contributed by atoms with E-state index >= 15 is 0 Å². The summed E-state index contributed by atoms with van der Waals surface area (Å²) in [5.41, 5.74) is 0.669. The molecule has 1 aromatic rings. The van der Waals surface area contributed by atoms with E-state index in [2.05, 4.69) is 0 Å². The van der Waals surface area contributed by atoms with E-state index in [1.54, 1.807) is 38.1 Å². The van der Waals surface area contributed by atoms with Crippen LogP contribution in [0.4, 0.5) is 0 Å². The number of hydrogen-bond donors (Lipinski definition) is 0. The molecule has 0 saturated carbocycles. The van der Waals surface area contributed by atoms with Crippen LogP contribution >= 0.6 is 7.60 Å². The van der Waals surface area contributed by atoms with Crippen LogP contribution in [-0.4, -0.2) is 55.5 Å². The zero-order valence-electron chi connectivity index (χ0n) is 16.7. The molecule has 3 atom stereocenters. The monoisotopic (exact) mass is 413 g/mol. The van der Waals surface area contributed by atoms with Crippen molar-refractivity contribution in [2.24, 2.45) is 0 Å². The average Bonchev–Trinajstić information content (AvgIpc) is 3.08. The van der Waals surface area contributed by atoms with Crippen molar-refractivity contribution in [1.29, 1.82) is 0 Å². The highest BCUT2D eigenvalue weighted by Gasteiger charge is 2.48. The number of likely N-dealkylation sites (tertiary alicyclic amines) is 1. The Morgan fingerprint density at radius 1 is 1.18 bits per heavy atom. The van der Waals surface area contributed by atoms with E-state index in [0.29, 0.717) is 5.56 Å². The van der Waals surface area contributed by atoms with Gasteiger partial charge in [0.25, 0.3) is 0 Å². The lowest BCUT2D eigenvalue weighted by Gasteiger charge is -2.29. The molecule has 0 aliphatic carbocycles. The number of rotatable bonds is 9. The van der Waals surface area contributed by atoms with E-state index < -0.39 is 31.6 Å². The van der Waals surface area contributed by atoms with Crippen molar-refractivity contribution in [2.75, 3.05) is 26.9 Å². The molecule has 2 rings (SSSR count). The second-order valence-corrected chi connectivity index (χ2v) is 8.54. The molecule has 0 aromatic heterocycles. The zero-order chi connectivity index (χ0) is 20.7. The Hall–Kier alpha value is -1.73. The van der Waals surface area contributed by atoms with E-state index in [1.165, 1.54) is 18.9 Å². The van der Waals surface area contributed by atoms with Gasteiger partial charge in [0.2, 0.25) is 5.91 Å². The minimum Gasteiger partial charge on any atom is -0.458 e. The standard InChI is InChI=1S/C19H28NO7P/c1-5-25-28(23,26-6-2)17-12-16(13-20(17)14(3)21)27-19(22)18(24-4)15-10-8-7-9-11-15/h7-11,16-18H,5-6,12-13H2,1-4H3/t16-,17+,18+/m1/s1. The van der Waals surface area contributed by atoms with Crippen molar-refractivity contribution in [3.63, 3.8) is 0 Å². The van der Waals surface area contributed by atoms with Gasteiger partial charge >= 0.3 is 13.6 Å². The van der Waals surface area contributed by atoms with Crippen molar-refractivity contribution in [1.82, 2.24) is 4.90 Å². The van der Waals surface area contributed by atoms with E-state index in [0.717, 1.165) is 0 Å². The molecule has 28 heavy (non-hydrogen) atoms. The molecular formula is C19H28NO7P. The molecule has 1 heterocycles. The number of methoxy groups -OCH3 is 1. The number of hydrogen-bond acceptors (Lipinski definition) is 7. The van der Waals surface area contributed by atoms with Gasteiger partial charge in [0.15, 0.2) is 6.10 Å². The highest BCUT2D eigenvalue weighted by atomic mass is 31.2. The van der Waals surface area contributed by atoms with Crippen molar-refractivity contribution in [3.05, 3.63) is 35.9 Å². The van der Waals surface area contributed by atoms with Gasteiger partial charge in [-0.15, -0.1) is 0 Å². The minimum atomic E-state index is -3.56. The summed E-state index contributed by atoms with van der Waals surface area (Å²) >= 11 is 0. The Bertz CT molecular complexity index is 701. The van der Waals surface area contributed by atoms with Gasteiger partial charge in [-0.05, 0) is 19.4 Å². The summed E-state index contributed by atoms with van der Waals surface area (Å²) in [6, 6.07) is 8.99. The number of benzene rings is 1. The quantitative estimate of drug-likeness (QED) is 0.454. The topological polar surface area (TPSA) is 91.4 Å². The van der Waals surface area contributed by atoms with Crippen LogP contribution in [-0.2, 0) is 32.7 Å². The van der Waals surface area contributed by atoms with Crippen LogP contribution in [0.1, 0.15) is 38.9 Å². The molecule has 1 aromatic carbocycles. The molecule has 0 bridgehead atoms. The smallest absolute Gasteiger partial charge is 0.353 e. The van der Waals surface area contributed by atoms with Crippen LogP contribution in [0.3, 0.4) is 0 Å². The first-order valence-corrected chi connectivity index (χ1v) is 10.9. The lowest BCUT2D eigenvalue weighted by Crippen LogP contribution is -2.35. The summed E-state index contributed by atoms with van der Waals surface area (Å²) < 4.78 is 34.9. The zero-order valence-corrected chi connectivity index (χ0v) is 17.6. The Labute approximate surface area is 165 Å². The third kappa shape index (κ3) is 5.20. The maximum Gasteiger partial charge on any atom is 0.353 e. The SMILES string of the molecule is CCOP(=O)(OCC)[C@H]1C[C@@H](OC(=O)[C@@H](OC)c2ccccc2)CN1C(C)=O. The average molecular weight is 413 g/mol. The molecule has 0 N–H and O–H groups in total. The first-order chi connectivity index (χ1) is 13.4. The molecule has 1 aliphatic rings. The highest BCUT2D eigenvalue weighted by molar-refractivity contribution is 7.54. The first-order valence-electron chi connectivity index (χ1n) is 9.30.